The van der Waals surface area contributed by atoms with Crippen molar-refractivity contribution in [1.82, 2.24) is 0 Å². The number of hydrogen-bond acceptors (Lipinski definition) is 0. The van der Waals surface area contributed by atoms with Crippen LogP contribution in [0.4, 0.5) is 0 Å². The second-order valence-corrected chi connectivity index (χ2v) is 6.64. The maximum absolute atomic E-state index is 2.20. The quantitative estimate of drug-likeness (QED) is 0.454. The molecule has 0 atom stereocenters. The molecule has 0 bridgehead atoms. The third-order valence-corrected chi connectivity index (χ3v) is 4.10. The number of benzene rings is 3. The second-order valence-electron chi connectivity index (χ2n) is 6.64. The average Bonchev–Trinajstić information content (AvgIpc) is 2.71. The molecule has 0 saturated heterocycles. The molecular weight excluding hydrogens is 312 g/mol. The fraction of sp³-hybridized carbons (Fsp3) is 0.308. The van der Waals surface area contributed by atoms with Gasteiger partial charge in [-0.2, -0.15) is 0 Å². The molecule has 0 spiro atoms. The highest BCUT2D eigenvalue weighted by molar-refractivity contribution is 5.17. The maximum Gasteiger partial charge on any atom is -0.0219 e. The van der Waals surface area contributed by atoms with Crippen LogP contribution in [0, 0.1) is 0 Å². The largest absolute Gasteiger partial charge is 0.0651 e. The summed E-state index contributed by atoms with van der Waals surface area (Å²) in [6.07, 6.45) is 3.59. The first-order valence-corrected chi connectivity index (χ1v) is 9.80. The van der Waals surface area contributed by atoms with E-state index in [-0.39, 0.29) is 0 Å². The van der Waals surface area contributed by atoms with Crippen LogP contribution in [0.15, 0.2) is 91.0 Å². The molecule has 0 N–H and O–H groups in total. The Morgan fingerprint density at radius 3 is 1.31 bits per heavy atom. The maximum atomic E-state index is 2.20. The van der Waals surface area contributed by atoms with Gasteiger partial charge < -0.3 is 0 Å². The van der Waals surface area contributed by atoms with Crippen LogP contribution < -0.4 is 0 Å². The van der Waals surface area contributed by atoms with E-state index in [0.717, 1.165) is 6.42 Å². The predicted molar refractivity (Wildman–Crippen MR) is 117 cm³/mol. The standard InChI is InChI=1S/2C9H12.C8H10/c1-8(2)9-6-4-3-5-7-9;1-2-6-9-7-4-3-5-8-9;1-2-8-6-4-3-5-7-8/h3-8H,1-2H3;3-5,7-8H,2,6H2,1H3;3-7H,2H2,1H3. The molecule has 26 heavy (non-hydrogen) atoms. The molecule has 3 rings (SSSR count). The molecule has 0 fully saturated rings. The summed E-state index contributed by atoms with van der Waals surface area (Å²) in [4.78, 5) is 0. The van der Waals surface area contributed by atoms with Crippen molar-refractivity contribution < 1.29 is 0 Å². The van der Waals surface area contributed by atoms with Gasteiger partial charge in [-0.25, -0.2) is 0 Å². The van der Waals surface area contributed by atoms with Gasteiger partial charge >= 0.3 is 0 Å². The van der Waals surface area contributed by atoms with Gasteiger partial charge in [0.25, 0.3) is 0 Å². The second kappa shape index (κ2) is 13.9. The van der Waals surface area contributed by atoms with Crippen molar-refractivity contribution in [2.45, 2.75) is 52.9 Å². The lowest BCUT2D eigenvalue weighted by Gasteiger charge is -2.01. The zero-order valence-corrected chi connectivity index (χ0v) is 16.9. The summed E-state index contributed by atoms with van der Waals surface area (Å²) in [5.74, 6) is 0.659. The molecule has 138 valence electrons. The minimum atomic E-state index is 0.659. The lowest BCUT2D eigenvalue weighted by molar-refractivity contribution is 0.867. The van der Waals surface area contributed by atoms with Gasteiger partial charge in [-0.3, -0.25) is 0 Å². The van der Waals surface area contributed by atoms with Crippen molar-refractivity contribution in [3.63, 3.8) is 0 Å². The van der Waals surface area contributed by atoms with Crippen LogP contribution in [0.2, 0.25) is 0 Å². The summed E-state index contributed by atoms with van der Waals surface area (Å²) in [6.45, 7) is 8.77. The van der Waals surface area contributed by atoms with Crippen LogP contribution in [-0.4, -0.2) is 0 Å². The van der Waals surface area contributed by atoms with Crippen molar-refractivity contribution in [2.75, 3.05) is 0 Å². The first-order valence-electron chi connectivity index (χ1n) is 9.80. The van der Waals surface area contributed by atoms with E-state index in [1.165, 1.54) is 29.5 Å². The van der Waals surface area contributed by atoms with E-state index >= 15 is 0 Å². The number of aryl methyl sites for hydroxylation is 2. The topological polar surface area (TPSA) is 0 Å². The molecule has 3 aromatic rings. The summed E-state index contributed by atoms with van der Waals surface area (Å²) in [5, 5.41) is 0. The Balaban J connectivity index is 0.000000195. The van der Waals surface area contributed by atoms with Crippen LogP contribution in [0.3, 0.4) is 0 Å². The zero-order valence-electron chi connectivity index (χ0n) is 16.9. The molecule has 3 aromatic carbocycles. The van der Waals surface area contributed by atoms with E-state index in [0.29, 0.717) is 5.92 Å². The highest BCUT2D eigenvalue weighted by Crippen LogP contribution is 2.11. The van der Waals surface area contributed by atoms with E-state index < -0.39 is 0 Å². The molecule has 0 aliphatic carbocycles. The Labute approximate surface area is 160 Å². The monoisotopic (exact) mass is 346 g/mol. The lowest BCUT2D eigenvalue weighted by atomic mass is 10.0. The van der Waals surface area contributed by atoms with E-state index in [1.807, 2.05) is 12.1 Å². The Kier molecular flexibility index (Phi) is 11.6. The first kappa shape index (κ1) is 21.7. The molecule has 0 radical (unpaired) electrons. The Bertz CT molecular complexity index is 654. The first-order chi connectivity index (χ1) is 12.7. The fourth-order valence-electron chi connectivity index (χ4n) is 2.49. The highest BCUT2D eigenvalue weighted by atomic mass is 14.0. The fourth-order valence-corrected chi connectivity index (χ4v) is 2.49. The minimum Gasteiger partial charge on any atom is -0.0651 e. The summed E-state index contributed by atoms with van der Waals surface area (Å²) in [6, 6.07) is 31.5. The van der Waals surface area contributed by atoms with E-state index in [1.54, 1.807) is 0 Å². The molecule has 0 aromatic heterocycles. The third-order valence-electron chi connectivity index (χ3n) is 4.10. The molecule has 0 aliphatic heterocycles. The summed E-state index contributed by atoms with van der Waals surface area (Å²) >= 11 is 0. The van der Waals surface area contributed by atoms with Crippen molar-refractivity contribution in [3.05, 3.63) is 108 Å². The molecule has 0 heteroatoms. The van der Waals surface area contributed by atoms with Crippen molar-refractivity contribution in [2.24, 2.45) is 0 Å². The Morgan fingerprint density at radius 2 is 1.00 bits per heavy atom. The van der Waals surface area contributed by atoms with E-state index in [2.05, 4.69) is 107 Å². The van der Waals surface area contributed by atoms with Gasteiger partial charge in [0, 0.05) is 0 Å². The van der Waals surface area contributed by atoms with Crippen LogP contribution in [0.5, 0.6) is 0 Å². The van der Waals surface area contributed by atoms with Gasteiger partial charge in [0.1, 0.15) is 0 Å². The molecule has 0 nitrogen and oxygen atoms in total. The third kappa shape index (κ3) is 9.84. The van der Waals surface area contributed by atoms with Gasteiger partial charge in [0.05, 0.1) is 0 Å². The van der Waals surface area contributed by atoms with Crippen LogP contribution in [0.1, 0.15) is 56.7 Å². The number of hydrogen-bond donors (Lipinski definition) is 0. The van der Waals surface area contributed by atoms with Gasteiger partial charge in [0.15, 0.2) is 0 Å². The molecule has 0 amide bonds. The Hall–Kier alpha value is -2.34. The zero-order chi connectivity index (χ0) is 19.0. The van der Waals surface area contributed by atoms with E-state index in [9.17, 15) is 0 Å². The smallest absolute Gasteiger partial charge is 0.0219 e. The lowest BCUT2D eigenvalue weighted by Crippen LogP contribution is -1.83. The molecule has 0 unspecified atom stereocenters. The average molecular weight is 347 g/mol. The Morgan fingerprint density at radius 1 is 0.577 bits per heavy atom. The van der Waals surface area contributed by atoms with Gasteiger partial charge in [-0.1, -0.05) is 125 Å². The van der Waals surface area contributed by atoms with E-state index in [4.69, 9.17) is 0 Å². The van der Waals surface area contributed by atoms with Crippen molar-refractivity contribution in [3.8, 4) is 0 Å². The predicted octanol–water partition coefficient (Wildman–Crippen LogP) is 7.70. The van der Waals surface area contributed by atoms with Gasteiger partial charge in [0.2, 0.25) is 0 Å². The minimum absolute atomic E-state index is 0.659. The van der Waals surface area contributed by atoms with Crippen LogP contribution >= 0.6 is 0 Å². The molecule has 0 saturated carbocycles. The molecule has 0 aliphatic rings. The van der Waals surface area contributed by atoms with Crippen LogP contribution in [0.25, 0.3) is 0 Å². The van der Waals surface area contributed by atoms with Gasteiger partial charge in [-0.15, -0.1) is 0 Å². The molecule has 0 heterocycles. The normalized spacial score (nSPS) is 9.58. The summed E-state index contributed by atoms with van der Waals surface area (Å²) < 4.78 is 0. The number of rotatable bonds is 4. The highest BCUT2D eigenvalue weighted by Gasteiger charge is 1.93. The van der Waals surface area contributed by atoms with Crippen LogP contribution in [-0.2, 0) is 12.8 Å². The summed E-state index contributed by atoms with van der Waals surface area (Å²) in [5.41, 5.74) is 4.27. The molecular formula is C26H34. The van der Waals surface area contributed by atoms with Crippen molar-refractivity contribution in [1.29, 1.82) is 0 Å². The SMILES string of the molecule is CC(C)c1ccccc1.CCCc1ccccc1.CCc1ccccc1. The summed E-state index contributed by atoms with van der Waals surface area (Å²) in [7, 11) is 0. The van der Waals surface area contributed by atoms with Crippen molar-refractivity contribution >= 4 is 0 Å². The van der Waals surface area contributed by atoms with Gasteiger partial charge in [-0.05, 0) is 35.4 Å².